The molecule has 172 valence electrons. The molecule has 1 fully saturated rings. The maximum Gasteiger partial charge on any atom is 0.230 e. The standard InChI is InChI=1S/C26H28ClN3O2S/c1-19-2-3-20(17-32-29-18-31)14-25(19)22-10-12-30(13-11-22)16-21-4-9-26(28-15-21)33-24-7-5-23(27)6-8-24/h2-9,14-15,18,22H,10-13,16-17H2,1H3,(H,29,31). The van der Waals surface area contributed by atoms with Crippen molar-refractivity contribution in [1.82, 2.24) is 15.4 Å². The van der Waals surface area contributed by atoms with Gasteiger partial charge in [-0.05, 0) is 91.4 Å². The number of amides is 1. The van der Waals surface area contributed by atoms with E-state index in [-0.39, 0.29) is 0 Å². The monoisotopic (exact) mass is 481 g/mol. The second-order valence-corrected chi connectivity index (χ2v) is 9.86. The van der Waals surface area contributed by atoms with Crippen LogP contribution in [0.25, 0.3) is 0 Å². The van der Waals surface area contributed by atoms with E-state index in [2.05, 4.69) is 52.6 Å². The molecule has 0 spiro atoms. The van der Waals surface area contributed by atoms with Gasteiger partial charge in [-0.3, -0.25) is 14.5 Å². The Bertz CT molecular complexity index is 1050. The van der Waals surface area contributed by atoms with E-state index in [1.165, 1.54) is 16.7 Å². The van der Waals surface area contributed by atoms with Gasteiger partial charge in [0.25, 0.3) is 0 Å². The second-order valence-electron chi connectivity index (χ2n) is 8.33. The number of pyridine rings is 1. The van der Waals surface area contributed by atoms with E-state index in [9.17, 15) is 4.79 Å². The van der Waals surface area contributed by atoms with Crippen molar-refractivity contribution in [3.8, 4) is 0 Å². The SMILES string of the molecule is Cc1ccc(CONC=O)cc1C1CCN(Cc2ccc(Sc3ccc(Cl)cc3)nc2)CC1. The normalized spacial score (nSPS) is 14.8. The molecule has 1 aliphatic heterocycles. The van der Waals surface area contributed by atoms with Crippen LogP contribution in [0.2, 0.25) is 5.02 Å². The highest BCUT2D eigenvalue weighted by atomic mass is 35.5. The Morgan fingerprint density at radius 2 is 1.88 bits per heavy atom. The van der Waals surface area contributed by atoms with Crippen LogP contribution in [0, 0.1) is 6.92 Å². The quantitative estimate of drug-likeness (QED) is 0.239. The molecule has 5 nitrogen and oxygen atoms in total. The molecule has 0 saturated carbocycles. The number of rotatable bonds is 9. The Hall–Kier alpha value is -2.38. The van der Waals surface area contributed by atoms with Gasteiger partial charge in [-0.25, -0.2) is 10.5 Å². The van der Waals surface area contributed by atoms with Crippen molar-refractivity contribution in [3.05, 3.63) is 88.1 Å². The third-order valence-corrected chi connectivity index (χ3v) is 7.19. The van der Waals surface area contributed by atoms with Gasteiger partial charge in [0.15, 0.2) is 0 Å². The number of benzene rings is 2. The van der Waals surface area contributed by atoms with E-state index in [0.29, 0.717) is 18.9 Å². The molecular formula is C26H28ClN3O2S. The summed E-state index contributed by atoms with van der Waals surface area (Å²) in [5.41, 5.74) is 7.29. The lowest BCUT2D eigenvalue weighted by atomic mass is 9.86. The smallest absolute Gasteiger partial charge is 0.230 e. The number of aromatic nitrogens is 1. The molecule has 7 heteroatoms. The molecule has 2 aromatic carbocycles. The zero-order chi connectivity index (χ0) is 23.0. The van der Waals surface area contributed by atoms with Crippen LogP contribution in [0.3, 0.4) is 0 Å². The lowest BCUT2D eigenvalue weighted by Gasteiger charge is -2.33. The summed E-state index contributed by atoms with van der Waals surface area (Å²) in [5, 5.41) is 1.73. The van der Waals surface area contributed by atoms with Gasteiger partial charge in [0.05, 0.1) is 6.61 Å². The van der Waals surface area contributed by atoms with Crippen LogP contribution in [0.5, 0.6) is 0 Å². The van der Waals surface area contributed by atoms with Crippen LogP contribution in [0.15, 0.2) is 70.7 Å². The molecule has 1 amide bonds. The van der Waals surface area contributed by atoms with Crippen LogP contribution < -0.4 is 5.48 Å². The highest BCUT2D eigenvalue weighted by Crippen LogP contribution is 2.32. The van der Waals surface area contributed by atoms with E-state index < -0.39 is 0 Å². The van der Waals surface area contributed by atoms with E-state index in [1.807, 2.05) is 30.5 Å². The van der Waals surface area contributed by atoms with Gasteiger partial charge in [-0.15, -0.1) is 0 Å². The predicted molar refractivity (Wildman–Crippen MR) is 132 cm³/mol. The van der Waals surface area contributed by atoms with Crippen molar-refractivity contribution in [1.29, 1.82) is 0 Å². The average Bonchev–Trinajstić information content (AvgIpc) is 2.84. The first kappa shape index (κ1) is 23.8. The molecule has 1 aliphatic rings. The predicted octanol–water partition coefficient (Wildman–Crippen LogP) is 5.75. The number of likely N-dealkylation sites (tertiary alicyclic amines) is 1. The Labute approximate surface area is 204 Å². The summed E-state index contributed by atoms with van der Waals surface area (Å²) in [4.78, 5) is 23.8. The minimum Gasteiger partial charge on any atom is -0.299 e. The molecule has 0 unspecified atom stereocenters. The molecule has 33 heavy (non-hydrogen) atoms. The average molecular weight is 482 g/mol. The Morgan fingerprint density at radius 1 is 1.12 bits per heavy atom. The van der Waals surface area contributed by atoms with Crippen molar-refractivity contribution in [2.24, 2.45) is 0 Å². The molecule has 0 radical (unpaired) electrons. The highest BCUT2D eigenvalue weighted by Gasteiger charge is 2.22. The number of carbonyl (C=O) groups excluding carboxylic acids is 1. The molecular weight excluding hydrogens is 454 g/mol. The fourth-order valence-corrected chi connectivity index (χ4v) is 5.11. The zero-order valence-corrected chi connectivity index (χ0v) is 20.2. The van der Waals surface area contributed by atoms with E-state index in [4.69, 9.17) is 16.4 Å². The molecule has 1 saturated heterocycles. The van der Waals surface area contributed by atoms with Crippen LogP contribution in [0.1, 0.15) is 41.0 Å². The number of piperidine rings is 1. The summed E-state index contributed by atoms with van der Waals surface area (Å²) in [6.45, 7) is 5.61. The third-order valence-electron chi connectivity index (χ3n) is 5.98. The van der Waals surface area contributed by atoms with Crippen LogP contribution >= 0.6 is 23.4 Å². The summed E-state index contributed by atoms with van der Waals surface area (Å²) >= 11 is 7.61. The Balaban J connectivity index is 1.29. The second kappa shape index (κ2) is 11.7. The number of carbonyl (C=O) groups is 1. The summed E-state index contributed by atoms with van der Waals surface area (Å²) < 4.78 is 0. The van der Waals surface area contributed by atoms with Crippen molar-refractivity contribution in [3.63, 3.8) is 0 Å². The van der Waals surface area contributed by atoms with Gasteiger partial charge in [0, 0.05) is 22.7 Å². The first-order valence-corrected chi connectivity index (χ1v) is 12.3. The summed E-state index contributed by atoms with van der Waals surface area (Å²) in [5.74, 6) is 0.552. The molecule has 0 aliphatic carbocycles. The maximum atomic E-state index is 10.4. The number of aryl methyl sites for hydroxylation is 1. The fraction of sp³-hybridized carbons (Fsp3) is 0.308. The molecule has 2 heterocycles. The maximum absolute atomic E-state index is 10.4. The molecule has 4 rings (SSSR count). The minimum absolute atomic E-state index is 0.379. The molecule has 1 N–H and O–H groups in total. The molecule has 0 bridgehead atoms. The number of halogens is 1. The van der Waals surface area contributed by atoms with Crippen molar-refractivity contribution in [2.75, 3.05) is 13.1 Å². The fourth-order valence-electron chi connectivity index (χ4n) is 4.23. The van der Waals surface area contributed by atoms with Gasteiger partial charge >= 0.3 is 0 Å². The highest BCUT2D eigenvalue weighted by molar-refractivity contribution is 7.99. The number of nitrogens with one attached hydrogen (secondary N) is 1. The number of hydroxylamine groups is 1. The lowest BCUT2D eigenvalue weighted by Crippen LogP contribution is -2.32. The molecule has 1 aromatic heterocycles. The molecule has 0 atom stereocenters. The van der Waals surface area contributed by atoms with E-state index in [0.717, 1.165) is 53.0 Å². The van der Waals surface area contributed by atoms with Gasteiger partial charge in [-0.1, -0.05) is 47.6 Å². The first-order valence-electron chi connectivity index (χ1n) is 11.1. The van der Waals surface area contributed by atoms with E-state index in [1.54, 1.807) is 11.8 Å². The summed E-state index contributed by atoms with van der Waals surface area (Å²) in [6, 6.07) is 18.5. The van der Waals surface area contributed by atoms with Crippen molar-refractivity contribution >= 4 is 29.8 Å². The van der Waals surface area contributed by atoms with Gasteiger partial charge in [-0.2, -0.15) is 0 Å². The first-order chi connectivity index (χ1) is 16.1. The van der Waals surface area contributed by atoms with Gasteiger partial charge < -0.3 is 0 Å². The Kier molecular flexibility index (Phi) is 8.40. The molecule has 3 aromatic rings. The zero-order valence-electron chi connectivity index (χ0n) is 18.7. The van der Waals surface area contributed by atoms with Crippen LogP contribution in [-0.4, -0.2) is 29.4 Å². The summed E-state index contributed by atoms with van der Waals surface area (Å²) in [6.07, 6.45) is 4.81. The van der Waals surface area contributed by atoms with Gasteiger partial charge in [0.1, 0.15) is 5.03 Å². The van der Waals surface area contributed by atoms with E-state index >= 15 is 0 Å². The largest absolute Gasteiger partial charge is 0.299 e. The van der Waals surface area contributed by atoms with Gasteiger partial charge in [0.2, 0.25) is 6.41 Å². The van der Waals surface area contributed by atoms with Crippen molar-refractivity contribution < 1.29 is 9.63 Å². The summed E-state index contributed by atoms with van der Waals surface area (Å²) in [7, 11) is 0. The third kappa shape index (κ3) is 6.81. The topological polar surface area (TPSA) is 54.5 Å². The minimum atomic E-state index is 0.379. The van der Waals surface area contributed by atoms with Crippen LogP contribution in [0.4, 0.5) is 0 Å². The lowest BCUT2D eigenvalue weighted by molar-refractivity contribution is -0.121. The number of hydrogen-bond donors (Lipinski definition) is 1. The number of hydrogen-bond acceptors (Lipinski definition) is 5. The van der Waals surface area contributed by atoms with Crippen molar-refractivity contribution in [2.45, 2.75) is 48.8 Å². The Morgan fingerprint density at radius 3 is 2.58 bits per heavy atom. The number of nitrogens with zero attached hydrogens (tertiary/aromatic N) is 2. The van der Waals surface area contributed by atoms with Crippen LogP contribution in [-0.2, 0) is 22.8 Å².